The number of ether oxygens (including phenoxy) is 1. The van der Waals surface area contributed by atoms with Crippen molar-refractivity contribution in [3.05, 3.63) is 66.4 Å². The highest BCUT2D eigenvalue weighted by Gasteiger charge is 2.30. The van der Waals surface area contributed by atoms with Crippen molar-refractivity contribution < 1.29 is 27.1 Å². The molecule has 0 fully saturated rings. The summed E-state index contributed by atoms with van der Waals surface area (Å²) in [6.45, 7) is 0. The third kappa shape index (κ3) is 4.52. The molecular weight excluding hydrogens is 420 g/mol. The molecule has 0 radical (unpaired) electrons. The third-order valence-electron chi connectivity index (χ3n) is 4.08. The second kappa shape index (κ2) is 7.89. The molecule has 31 heavy (non-hydrogen) atoms. The Balaban J connectivity index is 1.42. The number of rotatable bonds is 4. The van der Waals surface area contributed by atoms with Gasteiger partial charge in [-0.05, 0) is 36.4 Å². The Morgan fingerprint density at radius 2 is 1.71 bits per heavy atom. The zero-order chi connectivity index (χ0) is 22.0. The van der Waals surface area contributed by atoms with E-state index in [2.05, 4.69) is 30.8 Å². The van der Waals surface area contributed by atoms with E-state index < -0.39 is 23.6 Å². The number of nitrogens with one attached hydrogen (secondary N) is 3. The number of nitrogens with zero attached hydrogens (tertiary/aromatic N) is 3. The van der Waals surface area contributed by atoms with Crippen molar-refractivity contribution in [3.63, 3.8) is 0 Å². The SMILES string of the molecule is O=C(Nc1ccc(C(F)(F)F)cc1)Nc1ccc(Oc2ncnc3[nH]ncc23)c(F)c1. The number of carbonyl (C=O) groups excluding carboxylic acids is 1. The van der Waals surface area contributed by atoms with Crippen LogP contribution in [0.5, 0.6) is 11.6 Å². The van der Waals surface area contributed by atoms with Crippen LogP contribution in [0.4, 0.5) is 33.7 Å². The highest BCUT2D eigenvalue weighted by molar-refractivity contribution is 5.99. The lowest BCUT2D eigenvalue weighted by atomic mass is 10.2. The topological polar surface area (TPSA) is 105 Å². The minimum absolute atomic E-state index is 0.0957. The van der Waals surface area contributed by atoms with Crippen LogP contribution < -0.4 is 15.4 Å². The minimum Gasteiger partial charge on any atom is -0.435 e. The number of halogens is 4. The maximum absolute atomic E-state index is 14.4. The van der Waals surface area contributed by atoms with Crippen LogP contribution in [0.25, 0.3) is 11.0 Å². The fourth-order valence-electron chi connectivity index (χ4n) is 2.63. The second-order valence-corrected chi connectivity index (χ2v) is 6.21. The summed E-state index contributed by atoms with van der Waals surface area (Å²) in [6.07, 6.45) is -1.81. The van der Waals surface area contributed by atoms with Crippen LogP contribution in [-0.4, -0.2) is 26.2 Å². The van der Waals surface area contributed by atoms with Gasteiger partial charge in [-0.3, -0.25) is 5.10 Å². The lowest BCUT2D eigenvalue weighted by molar-refractivity contribution is -0.137. The van der Waals surface area contributed by atoms with Gasteiger partial charge in [0.1, 0.15) is 11.7 Å². The van der Waals surface area contributed by atoms with E-state index in [-0.39, 0.29) is 23.0 Å². The monoisotopic (exact) mass is 432 g/mol. The molecule has 4 aromatic rings. The summed E-state index contributed by atoms with van der Waals surface area (Å²) in [5.74, 6) is -0.823. The molecule has 0 unspecified atom stereocenters. The second-order valence-electron chi connectivity index (χ2n) is 6.21. The van der Waals surface area contributed by atoms with E-state index in [1.807, 2.05) is 0 Å². The average Bonchev–Trinajstić information content (AvgIpc) is 3.19. The fraction of sp³-hybridized carbons (Fsp3) is 0.0526. The van der Waals surface area contributed by atoms with Crippen LogP contribution >= 0.6 is 0 Å². The minimum atomic E-state index is -4.47. The van der Waals surface area contributed by atoms with Gasteiger partial charge in [0, 0.05) is 17.4 Å². The van der Waals surface area contributed by atoms with Gasteiger partial charge < -0.3 is 15.4 Å². The van der Waals surface area contributed by atoms with E-state index in [1.165, 1.54) is 24.7 Å². The molecule has 2 heterocycles. The zero-order valence-corrected chi connectivity index (χ0v) is 15.4. The van der Waals surface area contributed by atoms with Gasteiger partial charge in [-0.1, -0.05) is 0 Å². The number of benzene rings is 2. The highest BCUT2D eigenvalue weighted by atomic mass is 19.4. The molecule has 0 aliphatic heterocycles. The smallest absolute Gasteiger partial charge is 0.416 e. The summed E-state index contributed by atoms with van der Waals surface area (Å²) < 4.78 is 57.6. The van der Waals surface area contributed by atoms with Crippen LogP contribution in [0.2, 0.25) is 0 Å². The number of aromatic nitrogens is 4. The van der Waals surface area contributed by atoms with Crippen molar-refractivity contribution in [2.75, 3.05) is 10.6 Å². The normalized spacial score (nSPS) is 11.4. The molecule has 3 N–H and O–H groups in total. The van der Waals surface area contributed by atoms with E-state index in [0.29, 0.717) is 11.0 Å². The molecule has 2 aromatic heterocycles. The molecule has 0 atom stereocenters. The Morgan fingerprint density at radius 1 is 1.00 bits per heavy atom. The number of hydrogen-bond acceptors (Lipinski definition) is 5. The van der Waals surface area contributed by atoms with Crippen molar-refractivity contribution in [3.8, 4) is 11.6 Å². The van der Waals surface area contributed by atoms with Gasteiger partial charge in [0.05, 0.1) is 11.8 Å². The molecule has 2 aromatic carbocycles. The number of anilines is 2. The first-order chi connectivity index (χ1) is 14.8. The number of H-pyrrole nitrogens is 1. The van der Waals surface area contributed by atoms with Crippen LogP contribution in [0, 0.1) is 5.82 Å². The van der Waals surface area contributed by atoms with Gasteiger partial charge >= 0.3 is 12.2 Å². The summed E-state index contributed by atoms with van der Waals surface area (Å²) in [7, 11) is 0. The maximum Gasteiger partial charge on any atom is 0.416 e. The van der Waals surface area contributed by atoms with Gasteiger partial charge in [0.2, 0.25) is 5.88 Å². The van der Waals surface area contributed by atoms with Gasteiger partial charge in [-0.15, -0.1) is 0 Å². The van der Waals surface area contributed by atoms with Gasteiger partial charge in [0.25, 0.3) is 0 Å². The molecule has 0 spiro atoms. The summed E-state index contributed by atoms with van der Waals surface area (Å²) in [4.78, 5) is 19.9. The number of alkyl halides is 3. The Kier molecular flexibility index (Phi) is 5.11. The average molecular weight is 432 g/mol. The molecule has 0 saturated heterocycles. The predicted octanol–water partition coefficient (Wildman–Crippen LogP) is 4.95. The van der Waals surface area contributed by atoms with Crippen LogP contribution in [0.3, 0.4) is 0 Å². The first-order valence-electron chi connectivity index (χ1n) is 8.66. The number of hydrogen-bond donors (Lipinski definition) is 3. The maximum atomic E-state index is 14.4. The largest absolute Gasteiger partial charge is 0.435 e. The molecule has 2 amide bonds. The summed E-state index contributed by atoms with van der Waals surface area (Å²) in [5, 5.41) is 11.7. The lowest BCUT2D eigenvalue weighted by Gasteiger charge is -2.11. The number of aromatic amines is 1. The van der Waals surface area contributed by atoms with E-state index in [4.69, 9.17) is 4.74 Å². The first kappa shape index (κ1) is 20.1. The Labute approximate surface area is 171 Å². The lowest BCUT2D eigenvalue weighted by Crippen LogP contribution is -2.19. The van der Waals surface area contributed by atoms with E-state index in [1.54, 1.807) is 0 Å². The molecule has 8 nitrogen and oxygen atoms in total. The quantitative estimate of drug-likeness (QED) is 0.396. The Hall–Kier alpha value is -4.22. The Bertz CT molecular complexity index is 1240. The van der Waals surface area contributed by atoms with E-state index >= 15 is 0 Å². The molecule has 4 rings (SSSR count). The van der Waals surface area contributed by atoms with E-state index in [9.17, 15) is 22.4 Å². The summed E-state index contributed by atoms with van der Waals surface area (Å²) in [6, 6.07) is 6.84. The van der Waals surface area contributed by atoms with E-state index in [0.717, 1.165) is 30.3 Å². The molecule has 0 saturated carbocycles. The van der Waals surface area contributed by atoms with Crippen molar-refractivity contribution in [1.82, 2.24) is 20.2 Å². The van der Waals surface area contributed by atoms with Crippen LogP contribution in [0.1, 0.15) is 5.56 Å². The van der Waals surface area contributed by atoms with Gasteiger partial charge in [-0.2, -0.15) is 18.3 Å². The molecular formula is C19H12F4N6O2. The number of carbonyl (C=O) groups is 1. The van der Waals surface area contributed by atoms with Crippen LogP contribution in [-0.2, 0) is 6.18 Å². The fourth-order valence-corrected chi connectivity index (χ4v) is 2.63. The summed E-state index contributed by atoms with van der Waals surface area (Å²) in [5.41, 5.74) is -0.180. The molecule has 12 heteroatoms. The van der Waals surface area contributed by atoms with Crippen LogP contribution in [0.15, 0.2) is 55.0 Å². The number of fused-ring (bicyclic) bond motifs is 1. The van der Waals surface area contributed by atoms with Crippen molar-refractivity contribution in [2.45, 2.75) is 6.18 Å². The number of urea groups is 1. The van der Waals surface area contributed by atoms with Gasteiger partial charge in [0.15, 0.2) is 17.2 Å². The molecule has 0 bridgehead atoms. The standard InChI is InChI=1S/C19H12F4N6O2/c20-14-7-12(28-18(30)27-11-3-1-10(2-4-11)19(21,22)23)5-6-15(14)31-17-13-8-26-29-16(13)24-9-25-17/h1-9H,(H2,27,28,30)(H,24,25,26,29). The highest BCUT2D eigenvalue weighted by Crippen LogP contribution is 2.30. The molecule has 0 aliphatic carbocycles. The Morgan fingerprint density at radius 3 is 2.42 bits per heavy atom. The van der Waals surface area contributed by atoms with Crippen molar-refractivity contribution >= 4 is 28.4 Å². The first-order valence-corrected chi connectivity index (χ1v) is 8.66. The molecule has 158 valence electrons. The third-order valence-corrected chi connectivity index (χ3v) is 4.08. The number of amides is 2. The van der Waals surface area contributed by atoms with Crippen molar-refractivity contribution in [2.24, 2.45) is 0 Å². The predicted molar refractivity (Wildman–Crippen MR) is 102 cm³/mol. The van der Waals surface area contributed by atoms with Gasteiger partial charge in [-0.25, -0.2) is 19.2 Å². The summed E-state index contributed by atoms with van der Waals surface area (Å²) >= 11 is 0. The van der Waals surface area contributed by atoms with Crippen molar-refractivity contribution in [1.29, 1.82) is 0 Å². The molecule has 0 aliphatic rings. The zero-order valence-electron chi connectivity index (χ0n) is 15.4.